The number of carbonyl (C=O) groups excluding carboxylic acids is 2. The second kappa shape index (κ2) is 17.4. The van der Waals surface area contributed by atoms with Crippen molar-refractivity contribution in [3.8, 4) is 0 Å². The molecule has 0 aliphatic rings. The summed E-state index contributed by atoms with van der Waals surface area (Å²) in [5, 5.41) is 15.8. The van der Waals surface area contributed by atoms with Crippen LogP contribution in [-0.2, 0) is 29.4 Å². The molecule has 0 spiro atoms. The highest BCUT2D eigenvalue weighted by Crippen LogP contribution is 2.31. The van der Waals surface area contributed by atoms with Crippen molar-refractivity contribution in [3.63, 3.8) is 0 Å². The zero-order valence-electron chi connectivity index (χ0n) is 28.7. The van der Waals surface area contributed by atoms with Crippen LogP contribution in [0.5, 0.6) is 0 Å². The summed E-state index contributed by atoms with van der Waals surface area (Å²) in [5.74, 6) is -2.15. The summed E-state index contributed by atoms with van der Waals surface area (Å²) in [6.07, 6.45) is -0.474. The van der Waals surface area contributed by atoms with Crippen LogP contribution in [0, 0.1) is 5.92 Å². The van der Waals surface area contributed by atoms with Crippen molar-refractivity contribution in [2.75, 3.05) is 37.1 Å². The molecule has 4 rings (SSSR count). The molecule has 5 N–H and O–H groups in total. The van der Waals surface area contributed by atoms with E-state index in [4.69, 9.17) is 10.5 Å². The lowest BCUT2D eigenvalue weighted by Gasteiger charge is -2.30. The number of para-hydroxylation sites is 1. The quantitative estimate of drug-likeness (QED) is 0.119. The van der Waals surface area contributed by atoms with Gasteiger partial charge < -0.3 is 26.2 Å². The number of nitrogens with one attached hydrogen (secondary N) is 2. The summed E-state index contributed by atoms with van der Waals surface area (Å²) in [6, 6.07) is 26.7. The fraction of sp³-hybridized carbons (Fsp3) is 0.297. The summed E-state index contributed by atoms with van der Waals surface area (Å²) in [5.41, 5.74) is 7.44. The molecule has 14 heteroatoms. The second-order valence-corrected chi connectivity index (χ2v) is 16.3. The second-order valence-electron chi connectivity index (χ2n) is 12.4. The van der Waals surface area contributed by atoms with Crippen LogP contribution >= 0.6 is 0 Å². The van der Waals surface area contributed by atoms with Crippen molar-refractivity contribution in [2.24, 2.45) is 5.92 Å². The molecular formula is C37H44N4O8S2. The maximum Gasteiger partial charge on any atom is 0.407 e. The molecule has 272 valence electrons. The smallest absolute Gasteiger partial charge is 0.407 e. The molecule has 0 aromatic heterocycles. The van der Waals surface area contributed by atoms with Crippen molar-refractivity contribution < 1.29 is 36.3 Å². The Kier molecular flexibility index (Phi) is 13.4. The van der Waals surface area contributed by atoms with Gasteiger partial charge in [0.1, 0.15) is 6.04 Å². The van der Waals surface area contributed by atoms with Gasteiger partial charge in [0.05, 0.1) is 41.0 Å². The number of ether oxygens (including phenoxy) is 1. The molecule has 0 saturated carbocycles. The Hall–Kier alpha value is -4.76. The number of hydrogen-bond donors (Lipinski definition) is 4. The van der Waals surface area contributed by atoms with Gasteiger partial charge in [-0.1, -0.05) is 86.6 Å². The van der Waals surface area contributed by atoms with Gasteiger partial charge in [-0.2, -0.15) is 4.31 Å². The summed E-state index contributed by atoms with van der Waals surface area (Å²) in [7, 11) is -7.47. The number of hydrogen-bond acceptors (Lipinski definition) is 9. The van der Waals surface area contributed by atoms with Gasteiger partial charge in [-0.25, -0.2) is 21.6 Å². The molecule has 0 aliphatic heterocycles. The highest BCUT2D eigenvalue weighted by Gasteiger charge is 2.37. The van der Waals surface area contributed by atoms with E-state index in [0.717, 1.165) is 4.31 Å². The summed E-state index contributed by atoms with van der Waals surface area (Å²) < 4.78 is 61.8. The molecule has 4 aromatic rings. The minimum Gasteiger partial charge on any atom is -0.453 e. The Balaban J connectivity index is 1.71. The highest BCUT2D eigenvalue weighted by atomic mass is 32.2. The molecule has 0 fully saturated rings. The third kappa shape index (κ3) is 9.94. The van der Waals surface area contributed by atoms with Gasteiger partial charge in [0, 0.05) is 18.2 Å². The number of nitrogens with zero attached hydrogens (tertiary/aromatic N) is 1. The Labute approximate surface area is 299 Å². The van der Waals surface area contributed by atoms with E-state index >= 15 is 0 Å². The van der Waals surface area contributed by atoms with E-state index in [0.29, 0.717) is 23.2 Å². The number of sulfonamides is 1. The van der Waals surface area contributed by atoms with E-state index in [1.54, 1.807) is 24.3 Å². The molecule has 0 saturated heterocycles. The van der Waals surface area contributed by atoms with Crippen molar-refractivity contribution in [3.05, 3.63) is 120 Å². The Morgan fingerprint density at radius 1 is 0.824 bits per heavy atom. The topological polar surface area (TPSA) is 185 Å². The third-order valence-corrected chi connectivity index (χ3v) is 12.1. The van der Waals surface area contributed by atoms with Gasteiger partial charge >= 0.3 is 6.09 Å². The van der Waals surface area contributed by atoms with Crippen LogP contribution in [0.4, 0.5) is 16.2 Å². The number of nitrogens with two attached hydrogens (primary N) is 1. The third-order valence-electron chi connectivity index (χ3n) is 8.32. The molecule has 51 heavy (non-hydrogen) atoms. The molecule has 2 atom stereocenters. The number of amides is 2. The number of nitrogen functional groups attached to an aromatic ring is 1. The Morgan fingerprint density at radius 2 is 1.37 bits per heavy atom. The number of sulfone groups is 1. The standard InChI is InChI=1S/C37H44N4O8S2/c1-26(2)22-23-41(51(47,48)31-20-18-29(38)19-21-31)30(24-42)25-50(45,46)33-17-11-10-16-32(33)39-36(43)35(40-37(44)49-3)34(27-12-6-4-7-13-27)28-14-8-5-9-15-28/h4-21,26,30,34-35,42H,22-25,38H2,1-3H3,(H,39,43)(H,40,44)/t30-,35+/m1/s1. The molecule has 0 unspecified atom stereocenters. The van der Waals surface area contributed by atoms with E-state index in [1.165, 1.54) is 55.6 Å². The van der Waals surface area contributed by atoms with E-state index in [1.807, 2.05) is 50.2 Å². The zero-order chi connectivity index (χ0) is 37.2. The predicted molar refractivity (Wildman–Crippen MR) is 196 cm³/mol. The minimum atomic E-state index is -4.37. The summed E-state index contributed by atoms with van der Waals surface area (Å²) >= 11 is 0. The normalized spacial score (nSPS) is 13.2. The predicted octanol–water partition coefficient (Wildman–Crippen LogP) is 4.64. The van der Waals surface area contributed by atoms with Crippen LogP contribution in [0.3, 0.4) is 0 Å². The largest absolute Gasteiger partial charge is 0.453 e. The molecule has 0 radical (unpaired) electrons. The number of benzene rings is 4. The van der Waals surface area contributed by atoms with Crippen molar-refractivity contribution in [1.29, 1.82) is 0 Å². The summed E-state index contributed by atoms with van der Waals surface area (Å²) in [6.45, 7) is 2.96. The number of rotatable bonds is 16. The first-order valence-corrected chi connectivity index (χ1v) is 19.4. The SMILES string of the molecule is COC(=O)N[C@H](C(=O)Nc1ccccc1S(=O)(=O)C[C@@H](CO)N(CCC(C)C)S(=O)(=O)c1ccc(N)cc1)C(c1ccccc1)c1ccccc1. The molecule has 0 bridgehead atoms. The van der Waals surface area contributed by atoms with E-state index in [9.17, 15) is 31.5 Å². The molecule has 4 aromatic carbocycles. The number of carbonyl (C=O) groups is 2. The van der Waals surface area contributed by atoms with Crippen LogP contribution < -0.4 is 16.4 Å². The molecular weight excluding hydrogens is 693 g/mol. The van der Waals surface area contributed by atoms with Gasteiger partial charge in [0.2, 0.25) is 15.9 Å². The number of aliphatic hydroxyl groups is 1. The van der Waals surface area contributed by atoms with Gasteiger partial charge in [0.15, 0.2) is 9.84 Å². The lowest BCUT2D eigenvalue weighted by atomic mass is 9.84. The van der Waals surface area contributed by atoms with Crippen molar-refractivity contribution in [1.82, 2.24) is 9.62 Å². The van der Waals surface area contributed by atoms with E-state index in [-0.39, 0.29) is 27.9 Å². The Bertz CT molecular complexity index is 1940. The van der Waals surface area contributed by atoms with Crippen LogP contribution in [0.1, 0.15) is 37.3 Å². The Morgan fingerprint density at radius 3 is 1.90 bits per heavy atom. The highest BCUT2D eigenvalue weighted by molar-refractivity contribution is 7.92. The monoisotopic (exact) mass is 736 g/mol. The minimum absolute atomic E-state index is 0.0508. The number of aliphatic hydroxyl groups excluding tert-OH is 1. The van der Waals surface area contributed by atoms with Crippen LogP contribution in [-0.4, -0.2) is 76.3 Å². The summed E-state index contributed by atoms with van der Waals surface area (Å²) in [4.78, 5) is 26.4. The van der Waals surface area contributed by atoms with Gasteiger partial charge in [-0.15, -0.1) is 0 Å². The number of anilines is 2. The maximum absolute atomic E-state index is 14.2. The van der Waals surface area contributed by atoms with Gasteiger partial charge in [0.25, 0.3) is 0 Å². The first-order chi connectivity index (χ1) is 24.3. The molecule has 0 aliphatic carbocycles. The van der Waals surface area contributed by atoms with Crippen molar-refractivity contribution >= 4 is 43.2 Å². The van der Waals surface area contributed by atoms with Gasteiger partial charge in [-0.05, 0) is 59.9 Å². The lowest BCUT2D eigenvalue weighted by molar-refractivity contribution is -0.118. The maximum atomic E-state index is 14.2. The van der Waals surface area contributed by atoms with Crippen molar-refractivity contribution in [2.45, 2.75) is 48.1 Å². The lowest BCUT2D eigenvalue weighted by Crippen LogP contribution is -2.48. The van der Waals surface area contributed by atoms with Crippen LogP contribution in [0.2, 0.25) is 0 Å². The van der Waals surface area contributed by atoms with Gasteiger partial charge in [-0.3, -0.25) is 4.79 Å². The first-order valence-electron chi connectivity index (χ1n) is 16.3. The van der Waals surface area contributed by atoms with E-state index in [2.05, 4.69) is 10.6 Å². The first kappa shape index (κ1) is 39.0. The average Bonchev–Trinajstić information content (AvgIpc) is 3.11. The van der Waals surface area contributed by atoms with Crippen LogP contribution in [0.25, 0.3) is 0 Å². The fourth-order valence-corrected chi connectivity index (χ4v) is 9.10. The van der Waals surface area contributed by atoms with E-state index < -0.39 is 62.2 Å². The van der Waals surface area contributed by atoms with Crippen LogP contribution in [0.15, 0.2) is 119 Å². The zero-order valence-corrected chi connectivity index (χ0v) is 30.3. The number of alkyl carbamates (subject to hydrolysis) is 1. The molecule has 12 nitrogen and oxygen atoms in total. The fourth-order valence-electron chi connectivity index (χ4n) is 5.67. The number of methoxy groups -OCH3 is 1. The average molecular weight is 737 g/mol. The molecule has 0 heterocycles. The molecule has 2 amide bonds.